The highest BCUT2D eigenvalue weighted by molar-refractivity contribution is 5.15. The van der Waals surface area contributed by atoms with E-state index in [-0.39, 0.29) is 0 Å². The van der Waals surface area contributed by atoms with Gasteiger partial charge in [0, 0.05) is 31.6 Å². The number of ether oxygens (including phenoxy) is 1. The van der Waals surface area contributed by atoms with E-state index in [0.29, 0.717) is 12.0 Å². The molecule has 1 aliphatic heterocycles. The highest BCUT2D eigenvalue weighted by atomic mass is 16.5. The minimum absolute atomic E-state index is 0.419. The molecular formula is C12H18N2O. The molecule has 1 atom stereocenters. The SMILES string of the molecule is CNC(c1cccnc1)C1CCOCC1. The summed E-state index contributed by atoms with van der Waals surface area (Å²) in [5.74, 6) is 0.674. The van der Waals surface area contributed by atoms with Crippen molar-refractivity contribution in [2.45, 2.75) is 18.9 Å². The molecule has 0 bridgehead atoms. The Hall–Kier alpha value is -0.930. The molecule has 0 aromatic carbocycles. The Bertz CT molecular complexity index is 283. The maximum Gasteiger partial charge on any atom is 0.0469 e. The molecule has 1 saturated heterocycles. The Labute approximate surface area is 90.9 Å². The summed E-state index contributed by atoms with van der Waals surface area (Å²) in [7, 11) is 2.02. The molecule has 0 radical (unpaired) electrons. The van der Waals surface area contributed by atoms with E-state index in [1.165, 1.54) is 5.56 Å². The molecule has 0 aliphatic carbocycles. The largest absolute Gasteiger partial charge is 0.381 e. The van der Waals surface area contributed by atoms with Crippen LogP contribution in [-0.2, 0) is 4.74 Å². The summed E-state index contributed by atoms with van der Waals surface area (Å²) in [6.07, 6.45) is 6.05. The van der Waals surface area contributed by atoms with Crippen molar-refractivity contribution in [2.24, 2.45) is 5.92 Å². The second-order valence-electron chi connectivity index (χ2n) is 4.00. The maximum atomic E-state index is 5.39. The fraction of sp³-hybridized carbons (Fsp3) is 0.583. The summed E-state index contributed by atoms with van der Waals surface area (Å²) in [6.45, 7) is 1.78. The molecule has 0 amide bonds. The van der Waals surface area contributed by atoms with Gasteiger partial charge in [-0.05, 0) is 37.4 Å². The lowest BCUT2D eigenvalue weighted by atomic mass is 9.88. The maximum absolute atomic E-state index is 5.39. The lowest BCUT2D eigenvalue weighted by molar-refractivity contribution is 0.0546. The first-order valence-corrected chi connectivity index (χ1v) is 5.56. The van der Waals surface area contributed by atoms with Gasteiger partial charge in [0.1, 0.15) is 0 Å². The van der Waals surface area contributed by atoms with Crippen LogP contribution in [0.15, 0.2) is 24.5 Å². The highest BCUT2D eigenvalue weighted by Gasteiger charge is 2.23. The first-order chi connectivity index (χ1) is 7.42. The number of rotatable bonds is 3. The quantitative estimate of drug-likeness (QED) is 0.818. The standard InChI is InChI=1S/C12H18N2O/c1-13-12(10-4-7-15-8-5-10)11-3-2-6-14-9-11/h2-3,6,9-10,12-13H,4-5,7-8H2,1H3. The molecule has 1 aromatic rings. The molecule has 1 N–H and O–H groups in total. The van der Waals surface area contributed by atoms with E-state index >= 15 is 0 Å². The van der Waals surface area contributed by atoms with Gasteiger partial charge in [0.05, 0.1) is 0 Å². The molecule has 1 aliphatic rings. The molecule has 1 fully saturated rings. The summed E-state index contributed by atoms with van der Waals surface area (Å²) in [5.41, 5.74) is 1.28. The van der Waals surface area contributed by atoms with Crippen molar-refractivity contribution in [1.29, 1.82) is 0 Å². The Kier molecular flexibility index (Phi) is 3.69. The molecule has 3 nitrogen and oxygen atoms in total. The van der Waals surface area contributed by atoms with Gasteiger partial charge in [-0.3, -0.25) is 4.98 Å². The molecule has 2 heterocycles. The topological polar surface area (TPSA) is 34.2 Å². The number of aromatic nitrogens is 1. The second kappa shape index (κ2) is 5.24. The summed E-state index contributed by atoms with van der Waals surface area (Å²) in [4.78, 5) is 4.18. The average Bonchev–Trinajstić information content (AvgIpc) is 2.33. The van der Waals surface area contributed by atoms with Crippen molar-refractivity contribution >= 4 is 0 Å². The zero-order chi connectivity index (χ0) is 10.5. The zero-order valence-electron chi connectivity index (χ0n) is 9.15. The summed E-state index contributed by atoms with van der Waals surface area (Å²) in [5, 5.41) is 3.39. The summed E-state index contributed by atoms with van der Waals surface area (Å²) >= 11 is 0. The molecule has 1 aromatic heterocycles. The zero-order valence-corrected chi connectivity index (χ0v) is 9.15. The van der Waals surface area contributed by atoms with Gasteiger partial charge in [-0.25, -0.2) is 0 Å². The third-order valence-electron chi connectivity index (χ3n) is 3.09. The summed E-state index contributed by atoms with van der Waals surface area (Å²) in [6, 6.07) is 4.56. The predicted octanol–water partition coefficient (Wildman–Crippen LogP) is 1.77. The van der Waals surface area contributed by atoms with Gasteiger partial charge in [0.25, 0.3) is 0 Å². The van der Waals surface area contributed by atoms with E-state index in [4.69, 9.17) is 4.74 Å². The van der Waals surface area contributed by atoms with Crippen LogP contribution in [-0.4, -0.2) is 25.2 Å². The summed E-state index contributed by atoms with van der Waals surface area (Å²) < 4.78 is 5.39. The van der Waals surface area contributed by atoms with E-state index in [9.17, 15) is 0 Å². The van der Waals surface area contributed by atoms with Crippen LogP contribution in [0.4, 0.5) is 0 Å². The number of hydrogen-bond donors (Lipinski definition) is 1. The van der Waals surface area contributed by atoms with Crippen LogP contribution < -0.4 is 5.32 Å². The van der Waals surface area contributed by atoms with Crippen LogP contribution in [0, 0.1) is 5.92 Å². The Morgan fingerprint density at radius 1 is 1.47 bits per heavy atom. The van der Waals surface area contributed by atoms with Crippen LogP contribution in [0.5, 0.6) is 0 Å². The van der Waals surface area contributed by atoms with Crippen molar-refractivity contribution in [3.05, 3.63) is 30.1 Å². The smallest absolute Gasteiger partial charge is 0.0469 e. The Morgan fingerprint density at radius 3 is 2.87 bits per heavy atom. The van der Waals surface area contributed by atoms with Gasteiger partial charge >= 0.3 is 0 Å². The fourth-order valence-corrected chi connectivity index (χ4v) is 2.28. The van der Waals surface area contributed by atoms with Crippen LogP contribution in [0.1, 0.15) is 24.4 Å². The van der Waals surface area contributed by atoms with Crippen LogP contribution in [0.3, 0.4) is 0 Å². The number of nitrogens with zero attached hydrogens (tertiary/aromatic N) is 1. The number of pyridine rings is 1. The molecule has 3 heteroatoms. The minimum Gasteiger partial charge on any atom is -0.381 e. The Balaban J connectivity index is 2.09. The lowest BCUT2D eigenvalue weighted by Gasteiger charge is -2.30. The molecule has 15 heavy (non-hydrogen) atoms. The second-order valence-corrected chi connectivity index (χ2v) is 4.00. The van der Waals surface area contributed by atoms with Crippen LogP contribution in [0.25, 0.3) is 0 Å². The molecule has 0 spiro atoms. The van der Waals surface area contributed by atoms with E-state index in [1.54, 1.807) is 0 Å². The van der Waals surface area contributed by atoms with Crippen LogP contribution in [0.2, 0.25) is 0 Å². The van der Waals surface area contributed by atoms with E-state index in [1.807, 2.05) is 25.5 Å². The number of nitrogens with one attached hydrogen (secondary N) is 1. The fourth-order valence-electron chi connectivity index (χ4n) is 2.28. The van der Waals surface area contributed by atoms with Gasteiger partial charge in [-0.2, -0.15) is 0 Å². The monoisotopic (exact) mass is 206 g/mol. The van der Waals surface area contributed by atoms with E-state index in [2.05, 4.69) is 16.4 Å². The van der Waals surface area contributed by atoms with Crippen molar-refractivity contribution in [1.82, 2.24) is 10.3 Å². The molecule has 2 rings (SSSR count). The van der Waals surface area contributed by atoms with Gasteiger partial charge in [-0.15, -0.1) is 0 Å². The molecule has 82 valence electrons. The van der Waals surface area contributed by atoms with Crippen molar-refractivity contribution in [2.75, 3.05) is 20.3 Å². The number of hydrogen-bond acceptors (Lipinski definition) is 3. The van der Waals surface area contributed by atoms with Gasteiger partial charge in [0.2, 0.25) is 0 Å². The van der Waals surface area contributed by atoms with Crippen molar-refractivity contribution in [3.8, 4) is 0 Å². The van der Waals surface area contributed by atoms with E-state index < -0.39 is 0 Å². The van der Waals surface area contributed by atoms with Crippen molar-refractivity contribution in [3.63, 3.8) is 0 Å². The first-order valence-electron chi connectivity index (χ1n) is 5.56. The third-order valence-corrected chi connectivity index (χ3v) is 3.09. The molecule has 1 unspecified atom stereocenters. The highest BCUT2D eigenvalue weighted by Crippen LogP contribution is 2.29. The van der Waals surface area contributed by atoms with Gasteiger partial charge in [0.15, 0.2) is 0 Å². The van der Waals surface area contributed by atoms with Gasteiger partial charge < -0.3 is 10.1 Å². The Morgan fingerprint density at radius 2 is 2.27 bits per heavy atom. The van der Waals surface area contributed by atoms with Crippen molar-refractivity contribution < 1.29 is 4.74 Å². The predicted molar refractivity (Wildman–Crippen MR) is 59.6 cm³/mol. The van der Waals surface area contributed by atoms with E-state index in [0.717, 1.165) is 26.1 Å². The lowest BCUT2D eigenvalue weighted by Crippen LogP contribution is -2.30. The third kappa shape index (κ3) is 2.55. The average molecular weight is 206 g/mol. The molecule has 0 saturated carbocycles. The first kappa shape index (κ1) is 10.6. The van der Waals surface area contributed by atoms with Gasteiger partial charge in [-0.1, -0.05) is 6.07 Å². The minimum atomic E-state index is 0.419. The van der Waals surface area contributed by atoms with Crippen LogP contribution >= 0.6 is 0 Å². The molecular weight excluding hydrogens is 188 g/mol. The normalized spacial score (nSPS) is 20.1.